The van der Waals surface area contributed by atoms with Gasteiger partial charge in [-0.2, -0.15) is 13.2 Å². The number of rotatable bonds is 2. The molecular formula is C18H23F3N2OS. The maximum Gasteiger partial charge on any atom is 0.433 e. The maximum absolute atomic E-state index is 12.9. The highest BCUT2D eigenvalue weighted by Crippen LogP contribution is 2.44. The average Bonchev–Trinajstić information content (AvgIpc) is 2.99. The van der Waals surface area contributed by atoms with E-state index in [-0.39, 0.29) is 5.92 Å². The molecule has 0 radical (unpaired) electrons. The second kappa shape index (κ2) is 6.43. The third kappa shape index (κ3) is 3.55. The molecule has 1 aromatic rings. The first-order valence-corrected chi connectivity index (χ1v) is 10.5. The first-order chi connectivity index (χ1) is 11.8. The Morgan fingerprint density at radius 2 is 1.92 bits per heavy atom. The summed E-state index contributed by atoms with van der Waals surface area (Å²) in [5.41, 5.74) is 0.286. The molecule has 1 spiro atoms. The largest absolute Gasteiger partial charge is 0.616 e. The molecule has 138 valence electrons. The van der Waals surface area contributed by atoms with Gasteiger partial charge in [0.15, 0.2) is 0 Å². The SMILES string of the molecule is [O-][S+]1CC2(CCN(C3CCC(c4ccnc(C(F)(F)F)c4)CC3)C2)C1. The number of halogens is 3. The Morgan fingerprint density at radius 3 is 2.56 bits per heavy atom. The van der Waals surface area contributed by atoms with Gasteiger partial charge in [-0.15, -0.1) is 0 Å². The van der Waals surface area contributed by atoms with Crippen molar-refractivity contribution in [2.45, 2.75) is 50.2 Å². The fourth-order valence-electron chi connectivity index (χ4n) is 4.79. The third-order valence-corrected chi connectivity index (χ3v) is 8.03. The van der Waals surface area contributed by atoms with Crippen molar-refractivity contribution in [3.8, 4) is 0 Å². The van der Waals surface area contributed by atoms with Crippen molar-refractivity contribution in [3.63, 3.8) is 0 Å². The van der Waals surface area contributed by atoms with Crippen molar-refractivity contribution >= 4 is 11.2 Å². The van der Waals surface area contributed by atoms with Gasteiger partial charge < -0.3 is 4.55 Å². The van der Waals surface area contributed by atoms with E-state index in [1.54, 1.807) is 6.07 Å². The van der Waals surface area contributed by atoms with E-state index in [4.69, 9.17) is 0 Å². The van der Waals surface area contributed by atoms with E-state index >= 15 is 0 Å². The van der Waals surface area contributed by atoms with Gasteiger partial charge in [0.2, 0.25) is 0 Å². The van der Waals surface area contributed by atoms with Crippen LogP contribution in [0.25, 0.3) is 0 Å². The second-order valence-electron chi connectivity index (χ2n) is 7.93. The van der Waals surface area contributed by atoms with Crippen LogP contribution in [-0.4, -0.2) is 45.1 Å². The Hall–Kier alpha value is -0.790. The summed E-state index contributed by atoms with van der Waals surface area (Å²) in [4.78, 5) is 6.01. The van der Waals surface area contributed by atoms with E-state index in [0.29, 0.717) is 11.5 Å². The Bertz CT molecular complexity index is 625. The molecule has 0 aromatic carbocycles. The molecule has 0 bridgehead atoms. The highest BCUT2D eigenvalue weighted by atomic mass is 32.2. The minimum atomic E-state index is -4.38. The smallest absolute Gasteiger partial charge is 0.433 e. The number of nitrogens with zero attached hydrogens (tertiary/aromatic N) is 2. The topological polar surface area (TPSA) is 39.2 Å². The lowest BCUT2D eigenvalue weighted by Crippen LogP contribution is -2.51. The van der Waals surface area contributed by atoms with Crippen LogP contribution in [0.2, 0.25) is 0 Å². The van der Waals surface area contributed by atoms with Crippen LogP contribution in [0.4, 0.5) is 13.2 Å². The van der Waals surface area contributed by atoms with Gasteiger partial charge in [-0.3, -0.25) is 9.88 Å². The zero-order chi connectivity index (χ0) is 17.7. The van der Waals surface area contributed by atoms with Gasteiger partial charge in [0.25, 0.3) is 0 Å². The molecular weight excluding hydrogens is 349 g/mol. The second-order valence-corrected chi connectivity index (χ2v) is 9.38. The van der Waals surface area contributed by atoms with Crippen LogP contribution in [0.3, 0.4) is 0 Å². The summed E-state index contributed by atoms with van der Waals surface area (Å²) in [5, 5.41) is 0. The molecule has 0 amide bonds. The lowest BCUT2D eigenvalue weighted by molar-refractivity contribution is -0.141. The van der Waals surface area contributed by atoms with Crippen molar-refractivity contribution in [2.24, 2.45) is 5.41 Å². The molecule has 2 saturated heterocycles. The molecule has 3 aliphatic rings. The summed E-state index contributed by atoms with van der Waals surface area (Å²) >= 11 is -0.606. The molecule has 1 saturated carbocycles. The maximum atomic E-state index is 12.9. The summed E-state index contributed by atoms with van der Waals surface area (Å²) in [7, 11) is 0. The van der Waals surface area contributed by atoms with E-state index in [1.807, 2.05) is 0 Å². The highest BCUT2D eigenvalue weighted by molar-refractivity contribution is 7.92. The van der Waals surface area contributed by atoms with E-state index in [9.17, 15) is 17.7 Å². The quantitative estimate of drug-likeness (QED) is 0.745. The standard InChI is InChI=1S/C18H23F3N2OS/c19-18(20,21)16-9-14(5-7-22-16)13-1-3-15(4-2-13)23-8-6-17(10-23)11-25(24)12-17/h5,7,9,13,15H,1-4,6,8,10-12H2. The van der Waals surface area contributed by atoms with Crippen LogP contribution in [-0.2, 0) is 17.4 Å². The monoisotopic (exact) mass is 372 g/mol. The lowest BCUT2D eigenvalue weighted by Gasteiger charge is -2.40. The van der Waals surface area contributed by atoms with Crippen molar-refractivity contribution in [1.82, 2.24) is 9.88 Å². The fraction of sp³-hybridized carbons (Fsp3) is 0.722. The van der Waals surface area contributed by atoms with Crippen molar-refractivity contribution in [1.29, 1.82) is 0 Å². The van der Waals surface area contributed by atoms with Gasteiger partial charge in [-0.1, -0.05) is 11.2 Å². The molecule has 0 atom stereocenters. The van der Waals surface area contributed by atoms with Crippen molar-refractivity contribution in [3.05, 3.63) is 29.6 Å². The molecule has 3 heterocycles. The molecule has 25 heavy (non-hydrogen) atoms. The van der Waals surface area contributed by atoms with E-state index in [0.717, 1.165) is 62.3 Å². The number of pyridine rings is 1. The first-order valence-electron chi connectivity index (χ1n) is 8.97. The number of aromatic nitrogens is 1. The van der Waals surface area contributed by atoms with Gasteiger partial charge in [0.1, 0.15) is 17.2 Å². The molecule has 2 aliphatic heterocycles. The summed E-state index contributed by atoms with van der Waals surface area (Å²) in [6, 6.07) is 3.49. The summed E-state index contributed by atoms with van der Waals surface area (Å²) in [6.07, 6.45) is 1.99. The number of hydrogen-bond donors (Lipinski definition) is 0. The normalized spacial score (nSPS) is 36.6. The van der Waals surface area contributed by atoms with Crippen LogP contribution >= 0.6 is 0 Å². The first kappa shape index (κ1) is 17.6. The average molecular weight is 372 g/mol. The molecule has 3 fully saturated rings. The Balaban J connectivity index is 1.35. The highest BCUT2D eigenvalue weighted by Gasteiger charge is 2.53. The molecule has 4 rings (SSSR count). The van der Waals surface area contributed by atoms with Crippen LogP contribution in [0.15, 0.2) is 18.3 Å². The van der Waals surface area contributed by atoms with Crippen LogP contribution in [0.1, 0.15) is 49.3 Å². The zero-order valence-electron chi connectivity index (χ0n) is 14.1. The Morgan fingerprint density at radius 1 is 1.20 bits per heavy atom. The van der Waals surface area contributed by atoms with E-state index in [1.165, 1.54) is 12.3 Å². The third-order valence-electron chi connectivity index (χ3n) is 6.16. The summed E-state index contributed by atoms with van der Waals surface area (Å²) in [5.74, 6) is 1.92. The number of hydrogen-bond acceptors (Lipinski definition) is 3. The molecule has 0 unspecified atom stereocenters. The summed E-state index contributed by atoms with van der Waals surface area (Å²) in [6.45, 7) is 2.14. The predicted molar refractivity (Wildman–Crippen MR) is 90.7 cm³/mol. The van der Waals surface area contributed by atoms with Crippen molar-refractivity contribution < 1.29 is 17.7 Å². The predicted octanol–water partition coefficient (Wildman–Crippen LogP) is 3.58. The van der Waals surface area contributed by atoms with E-state index in [2.05, 4.69) is 9.88 Å². The van der Waals surface area contributed by atoms with Crippen LogP contribution in [0.5, 0.6) is 0 Å². The van der Waals surface area contributed by atoms with Crippen molar-refractivity contribution in [2.75, 3.05) is 24.6 Å². The molecule has 7 heteroatoms. The zero-order valence-corrected chi connectivity index (χ0v) is 14.9. The minimum Gasteiger partial charge on any atom is -0.616 e. The fourth-order valence-corrected chi connectivity index (χ4v) is 6.54. The van der Waals surface area contributed by atoms with Gasteiger partial charge in [0, 0.05) is 18.8 Å². The Kier molecular flexibility index (Phi) is 4.53. The van der Waals surface area contributed by atoms with Gasteiger partial charge >= 0.3 is 6.18 Å². The molecule has 0 N–H and O–H groups in total. The van der Waals surface area contributed by atoms with Crippen LogP contribution < -0.4 is 0 Å². The summed E-state index contributed by atoms with van der Waals surface area (Å²) < 4.78 is 50.0. The van der Waals surface area contributed by atoms with Gasteiger partial charge in [0.05, 0.1) is 5.41 Å². The van der Waals surface area contributed by atoms with Gasteiger partial charge in [-0.05, 0) is 62.3 Å². The van der Waals surface area contributed by atoms with Crippen LogP contribution in [0, 0.1) is 5.41 Å². The lowest BCUT2D eigenvalue weighted by atomic mass is 9.81. The number of alkyl halides is 3. The molecule has 1 aliphatic carbocycles. The van der Waals surface area contributed by atoms with E-state index < -0.39 is 23.0 Å². The van der Waals surface area contributed by atoms with Gasteiger partial charge in [-0.25, -0.2) is 0 Å². The molecule has 3 nitrogen and oxygen atoms in total. The minimum absolute atomic E-state index is 0.202. The molecule has 1 aromatic heterocycles. The number of likely N-dealkylation sites (tertiary alicyclic amines) is 1. The Labute approximate surface area is 149 Å².